The largest absolute Gasteiger partial charge is 0.493 e. The number of methoxy groups -OCH3 is 2. The third kappa shape index (κ3) is 5.87. The number of hydrogen-bond donors (Lipinski definition) is 3. The average molecular weight is 437 g/mol. The number of carboxylic acid groups (broad SMARTS) is 1. The van der Waals surface area contributed by atoms with Gasteiger partial charge in [0.1, 0.15) is 4.90 Å². The predicted molar refractivity (Wildman–Crippen MR) is 115 cm³/mol. The van der Waals surface area contributed by atoms with E-state index in [4.69, 9.17) is 9.47 Å². The Bertz CT molecular complexity index is 991. The maximum atomic E-state index is 12.8. The van der Waals surface area contributed by atoms with Gasteiger partial charge in [0, 0.05) is 12.6 Å². The van der Waals surface area contributed by atoms with Gasteiger partial charge in [-0.05, 0) is 55.7 Å². The first-order chi connectivity index (χ1) is 14.2. The van der Waals surface area contributed by atoms with Crippen molar-refractivity contribution in [1.82, 2.24) is 4.72 Å². The minimum Gasteiger partial charge on any atom is -0.493 e. The molecule has 2 aromatic carbocycles. The highest BCUT2D eigenvalue weighted by atomic mass is 32.2. The van der Waals surface area contributed by atoms with Gasteiger partial charge < -0.3 is 19.9 Å². The van der Waals surface area contributed by atoms with Crippen LogP contribution in [0.25, 0.3) is 0 Å². The summed E-state index contributed by atoms with van der Waals surface area (Å²) < 4.78 is 38.7. The van der Waals surface area contributed by atoms with Crippen LogP contribution in [0.5, 0.6) is 11.5 Å². The molecule has 0 spiro atoms. The van der Waals surface area contributed by atoms with Crippen LogP contribution >= 0.6 is 0 Å². The zero-order valence-corrected chi connectivity index (χ0v) is 18.4. The fourth-order valence-electron chi connectivity index (χ4n) is 2.81. The highest BCUT2D eigenvalue weighted by Gasteiger charge is 2.22. The molecule has 0 heterocycles. The molecule has 9 heteroatoms. The van der Waals surface area contributed by atoms with Gasteiger partial charge in [0.15, 0.2) is 11.5 Å². The Morgan fingerprint density at radius 2 is 1.80 bits per heavy atom. The van der Waals surface area contributed by atoms with Crippen LogP contribution in [0.3, 0.4) is 0 Å². The number of aromatic carboxylic acids is 1. The SMILES string of the molecule is CC[C@H](C)NS(=O)(=O)c1cc(C(=O)O)ccc1NCCc1ccc(OC)c(OC)c1. The summed E-state index contributed by atoms with van der Waals surface area (Å²) in [5.74, 6) is 0.0525. The molecule has 0 aliphatic carbocycles. The number of rotatable bonds is 11. The molecule has 0 saturated carbocycles. The first-order valence-electron chi connectivity index (χ1n) is 9.56. The Kier molecular flexibility index (Phi) is 8.08. The second kappa shape index (κ2) is 10.3. The van der Waals surface area contributed by atoms with Crippen molar-refractivity contribution in [2.75, 3.05) is 26.1 Å². The number of benzene rings is 2. The van der Waals surface area contributed by atoms with Crippen molar-refractivity contribution in [3.63, 3.8) is 0 Å². The first-order valence-corrected chi connectivity index (χ1v) is 11.0. The molecule has 3 N–H and O–H groups in total. The van der Waals surface area contributed by atoms with Crippen molar-refractivity contribution in [1.29, 1.82) is 0 Å². The summed E-state index contributed by atoms with van der Waals surface area (Å²) in [6.45, 7) is 4.06. The fraction of sp³-hybridized carbons (Fsp3) is 0.381. The monoisotopic (exact) mass is 436 g/mol. The molecular formula is C21H28N2O6S. The Morgan fingerprint density at radius 3 is 2.40 bits per heavy atom. The van der Waals surface area contributed by atoms with Crippen LogP contribution < -0.4 is 19.5 Å². The smallest absolute Gasteiger partial charge is 0.335 e. The molecule has 1 atom stereocenters. The summed E-state index contributed by atoms with van der Waals surface area (Å²) in [7, 11) is -0.760. The zero-order chi connectivity index (χ0) is 22.3. The molecule has 0 aromatic heterocycles. The zero-order valence-electron chi connectivity index (χ0n) is 17.6. The van der Waals surface area contributed by atoms with E-state index < -0.39 is 16.0 Å². The topological polar surface area (TPSA) is 114 Å². The number of sulfonamides is 1. The van der Waals surface area contributed by atoms with E-state index in [-0.39, 0.29) is 16.5 Å². The number of nitrogens with one attached hydrogen (secondary N) is 2. The van der Waals surface area contributed by atoms with Crippen molar-refractivity contribution in [2.45, 2.75) is 37.6 Å². The maximum absolute atomic E-state index is 12.8. The molecule has 30 heavy (non-hydrogen) atoms. The molecule has 2 rings (SSSR count). The van der Waals surface area contributed by atoms with Crippen molar-refractivity contribution in [2.24, 2.45) is 0 Å². The lowest BCUT2D eigenvalue weighted by Gasteiger charge is -2.17. The van der Waals surface area contributed by atoms with Crippen LogP contribution in [0.1, 0.15) is 36.2 Å². The third-order valence-corrected chi connectivity index (χ3v) is 6.29. The number of carboxylic acids is 1. The van der Waals surface area contributed by atoms with Crippen LogP contribution in [-0.4, -0.2) is 46.3 Å². The second-order valence-corrected chi connectivity index (χ2v) is 8.50. The van der Waals surface area contributed by atoms with E-state index in [2.05, 4.69) is 10.0 Å². The quantitative estimate of drug-likeness (QED) is 0.496. The van der Waals surface area contributed by atoms with Crippen LogP contribution in [0, 0.1) is 0 Å². The average Bonchev–Trinajstić information content (AvgIpc) is 2.73. The molecule has 0 aliphatic rings. The van der Waals surface area contributed by atoms with Crippen molar-refractivity contribution in [3.05, 3.63) is 47.5 Å². The van der Waals surface area contributed by atoms with E-state index in [1.165, 1.54) is 18.2 Å². The first kappa shape index (κ1) is 23.5. The lowest BCUT2D eigenvalue weighted by atomic mass is 10.1. The Balaban J connectivity index is 2.24. The Hall–Kier alpha value is -2.78. The standard InChI is InChI=1S/C21H28N2O6S/c1-5-14(2)23-30(26,27)20-13-16(21(24)25)7-8-17(20)22-11-10-15-6-9-18(28-3)19(12-15)29-4/h6-9,12-14,22-23H,5,10-11H2,1-4H3,(H,24,25)/t14-/m0/s1. The van der Waals surface area contributed by atoms with Crippen molar-refractivity contribution < 1.29 is 27.8 Å². The number of hydrogen-bond acceptors (Lipinski definition) is 6. The van der Waals surface area contributed by atoms with Gasteiger partial charge in [-0.3, -0.25) is 0 Å². The molecular weight excluding hydrogens is 408 g/mol. The lowest BCUT2D eigenvalue weighted by molar-refractivity contribution is 0.0696. The van der Waals surface area contributed by atoms with Gasteiger partial charge in [0.2, 0.25) is 10.0 Å². The van der Waals surface area contributed by atoms with Crippen LogP contribution in [0.4, 0.5) is 5.69 Å². The third-order valence-electron chi connectivity index (χ3n) is 4.66. The number of carbonyl (C=O) groups is 1. The molecule has 0 saturated heterocycles. The van der Waals surface area contributed by atoms with Gasteiger partial charge in [0.25, 0.3) is 0 Å². The van der Waals surface area contributed by atoms with Gasteiger partial charge in [-0.15, -0.1) is 0 Å². The normalized spacial score (nSPS) is 12.3. The van der Waals surface area contributed by atoms with E-state index in [0.717, 1.165) is 5.56 Å². The van der Waals surface area contributed by atoms with Gasteiger partial charge in [-0.25, -0.2) is 17.9 Å². The van der Waals surface area contributed by atoms with Crippen molar-refractivity contribution >= 4 is 21.7 Å². The lowest BCUT2D eigenvalue weighted by Crippen LogP contribution is -2.32. The highest BCUT2D eigenvalue weighted by molar-refractivity contribution is 7.89. The number of anilines is 1. The Labute approximate surface area is 177 Å². The minimum atomic E-state index is -3.89. The molecule has 164 valence electrons. The van der Waals surface area contributed by atoms with Gasteiger partial charge in [0.05, 0.1) is 25.5 Å². The summed E-state index contributed by atoms with van der Waals surface area (Å²) in [6.07, 6.45) is 1.21. The van der Waals surface area contributed by atoms with E-state index in [1.807, 2.05) is 25.1 Å². The summed E-state index contributed by atoms with van der Waals surface area (Å²) in [5, 5.41) is 12.4. The van der Waals surface area contributed by atoms with E-state index in [9.17, 15) is 18.3 Å². The van der Waals surface area contributed by atoms with Crippen LogP contribution in [0.15, 0.2) is 41.3 Å². The van der Waals surface area contributed by atoms with Crippen LogP contribution in [-0.2, 0) is 16.4 Å². The molecule has 8 nitrogen and oxygen atoms in total. The van der Waals surface area contributed by atoms with E-state index in [1.54, 1.807) is 21.1 Å². The van der Waals surface area contributed by atoms with Gasteiger partial charge >= 0.3 is 5.97 Å². The molecule has 0 radical (unpaired) electrons. The number of ether oxygens (including phenoxy) is 2. The summed E-state index contributed by atoms with van der Waals surface area (Å²) in [4.78, 5) is 11.2. The van der Waals surface area contributed by atoms with E-state index >= 15 is 0 Å². The van der Waals surface area contributed by atoms with E-state index in [0.29, 0.717) is 36.6 Å². The molecule has 0 bridgehead atoms. The van der Waals surface area contributed by atoms with Gasteiger partial charge in [-0.2, -0.15) is 0 Å². The second-order valence-electron chi connectivity index (χ2n) is 6.81. The molecule has 0 unspecified atom stereocenters. The fourth-order valence-corrected chi connectivity index (χ4v) is 4.35. The summed E-state index contributed by atoms with van der Waals surface area (Å²) in [6, 6.07) is 9.32. The Morgan fingerprint density at radius 1 is 1.10 bits per heavy atom. The van der Waals surface area contributed by atoms with Gasteiger partial charge in [-0.1, -0.05) is 13.0 Å². The molecule has 0 fully saturated rings. The van der Waals surface area contributed by atoms with Crippen LogP contribution in [0.2, 0.25) is 0 Å². The summed E-state index contributed by atoms with van der Waals surface area (Å²) >= 11 is 0. The minimum absolute atomic E-state index is 0.0880. The molecule has 2 aromatic rings. The van der Waals surface area contributed by atoms with Crippen molar-refractivity contribution in [3.8, 4) is 11.5 Å². The highest BCUT2D eigenvalue weighted by Crippen LogP contribution is 2.28. The predicted octanol–water partition coefficient (Wildman–Crippen LogP) is 3.13. The summed E-state index contributed by atoms with van der Waals surface area (Å²) in [5.41, 5.74) is 1.23. The molecule has 0 aliphatic heterocycles. The molecule has 0 amide bonds. The maximum Gasteiger partial charge on any atom is 0.335 e.